The molecule has 2 aromatic carbocycles. The molecule has 0 spiro atoms. The van der Waals surface area contributed by atoms with Gasteiger partial charge in [-0.1, -0.05) is 37.3 Å². The van der Waals surface area contributed by atoms with Crippen molar-refractivity contribution in [2.45, 2.75) is 13.3 Å². The van der Waals surface area contributed by atoms with Crippen molar-refractivity contribution in [1.82, 2.24) is 0 Å². The first kappa shape index (κ1) is 13.8. The molecule has 4 nitrogen and oxygen atoms in total. The maximum atomic E-state index is 12.0. The molecule has 0 fully saturated rings. The minimum absolute atomic E-state index is 0.131. The molecule has 0 saturated carbocycles. The summed E-state index contributed by atoms with van der Waals surface area (Å²) in [7, 11) is 0. The van der Waals surface area contributed by atoms with Crippen molar-refractivity contribution in [2.24, 2.45) is 0 Å². The molecule has 0 aliphatic heterocycles. The molecule has 0 bridgehead atoms. The average molecular weight is 269 g/mol. The molecule has 1 amide bonds. The van der Waals surface area contributed by atoms with Crippen LogP contribution in [0.1, 0.15) is 23.7 Å². The molecule has 102 valence electrons. The Morgan fingerprint density at radius 3 is 2.35 bits per heavy atom. The number of amides is 1. The summed E-state index contributed by atoms with van der Waals surface area (Å²) in [5, 5.41) is 2.70. The Balaban J connectivity index is 2.17. The van der Waals surface area contributed by atoms with Crippen LogP contribution < -0.4 is 10.1 Å². The van der Waals surface area contributed by atoms with Crippen LogP contribution in [-0.4, -0.2) is 11.9 Å². The predicted octanol–water partition coefficient (Wildman–Crippen LogP) is 3.25. The number of hydrogen-bond acceptors (Lipinski definition) is 3. The summed E-state index contributed by atoms with van der Waals surface area (Å²) < 4.78 is 5.32. The minimum Gasteiger partial charge on any atom is -0.421 e. The Kier molecular flexibility index (Phi) is 4.50. The van der Waals surface area contributed by atoms with Gasteiger partial charge in [-0.05, 0) is 24.3 Å². The largest absolute Gasteiger partial charge is 0.421 e. The molecular weight excluding hydrogens is 254 g/mol. The number of esters is 1. The number of para-hydroxylation sites is 2. The summed E-state index contributed by atoms with van der Waals surface area (Å²) in [6, 6.07) is 15.6. The van der Waals surface area contributed by atoms with Crippen LogP contribution in [0, 0.1) is 0 Å². The van der Waals surface area contributed by atoms with Gasteiger partial charge in [0, 0.05) is 6.42 Å². The van der Waals surface area contributed by atoms with Gasteiger partial charge in [-0.15, -0.1) is 0 Å². The van der Waals surface area contributed by atoms with Crippen LogP contribution in [-0.2, 0) is 4.79 Å². The van der Waals surface area contributed by atoms with Gasteiger partial charge in [0.1, 0.15) is 0 Å². The standard InChI is InChI=1S/C16H15NO3/c1-2-15(18)17-13-10-6-7-11-14(13)20-16(19)12-8-4-3-5-9-12/h3-11H,2H2,1H3,(H,17,18). The van der Waals surface area contributed by atoms with E-state index in [1.54, 1.807) is 55.5 Å². The minimum atomic E-state index is -0.455. The molecule has 20 heavy (non-hydrogen) atoms. The monoisotopic (exact) mass is 269 g/mol. The van der Waals surface area contributed by atoms with Crippen LogP contribution in [0.3, 0.4) is 0 Å². The van der Waals surface area contributed by atoms with Gasteiger partial charge in [0.05, 0.1) is 11.3 Å². The van der Waals surface area contributed by atoms with Crippen LogP contribution in [0.4, 0.5) is 5.69 Å². The number of nitrogens with one attached hydrogen (secondary N) is 1. The zero-order chi connectivity index (χ0) is 14.4. The fraction of sp³-hybridized carbons (Fsp3) is 0.125. The highest BCUT2D eigenvalue weighted by Crippen LogP contribution is 2.24. The second kappa shape index (κ2) is 6.52. The average Bonchev–Trinajstić information content (AvgIpc) is 2.50. The van der Waals surface area contributed by atoms with E-state index < -0.39 is 5.97 Å². The second-order valence-corrected chi connectivity index (χ2v) is 4.15. The maximum Gasteiger partial charge on any atom is 0.343 e. The van der Waals surface area contributed by atoms with Crippen LogP contribution in [0.25, 0.3) is 0 Å². The number of carbonyl (C=O) groups is 2. The zero-order valence-corrected chi connectivity index (χ0v) is 11.1. The van der Waals surface area contributed by atoms with Crippen molar-refractivity contribution in [2.75, 3.05) is 5.32 Å². The second-order valence-electron chi connectivity index (χ2n) is 4.15. The van der Waals surface area contributed by atoms with Crippen molar-refractivity contribution in [3.63, 3.8) is 0 Å². The molecule has 2 rings (SSSR count). The Morgan fingerprint density at radius 2 is 1.65 bits per heavy atom. The molecule has 0 unspecified atom stereocenters. The van der Waals surface area contributed by atoms with Gasteiger partial charge in [-0.2, -0.15) is 0 Å². The van der Waals surface area contributed by atoms with Crippen LogP contribution >= 0.6 is 0 Å². The highest BCUT2D eigenvalue weighted by Gasteiger charge is 2.12. The third-order valence-electron chi connectivity index (χ3n) is 2.69. The third-order valence-corrected chi connectivity index (χ3v) is 2.69. The van der Waals surface area contributed by atoms with E-state index in [4.69, 9.17) is 4.74 Å². The first-order valence-electron chi connectivity index (χ1n) is 6.37. The summed E-state index contributed by atoms with van der Waals surface area (Å²) in [5.74, 6) is -0.250. The number of benzene rings is 2. The summed E-state index contributed by atoms with van der Waals surface area (Å²) in [5.41, 5.74) is 0.952. The molecule has 4 heteroatoms. The van der Waals surface area contributed by atoms with Gasteiger partial charge >= 0.3 is 5.97 Å². The molecule has 0 heterocycles. The van der Waals surface area contributed by atoms with Crippen molar-refractivity contribution in [3.05, 3.63) is 60.2 Å². The van der Waals surface area contributed by atoms with E-state index in [1.165, 1.54) is 0 Å². The third kappa shape index (κ3) is 3.45. The number of hydrogen-bond donors (Lipinski definition) is 1. The SMILES string of the molecule is CCC(=O)Nc1ccccc1OC(=O)c1ccccc1. The molecule has 0 radical (unpaired) electrons. The lowest BCUT2D eigenvalue weighted by Gasteiger charge is -2.10. The first-order chi connectivity index (χ1) is 9.70. The van der Waals surface area contributed by atoms with Gasteiger partial charge in [-0.25, -0.2) is 4.79 Å². The highest BCUT2D eigenvalue weighted by molar-refractivity contribution is 5.95. The number of rotatable bonds is 4. The fourth-order valence-electron chi connectivity index (χ4n) is 1.63. The Bertz CT molecular complexity index is 608. The number of anilines is 1. The molecule has 1 N–H and O–H groups in total. The van der Waals surface area contributed by atoms with Crippen LogP contribution in [0.5, 0.6) is 5.75 Å². The van der Waals surface area contributed by atoms with E-state index in [0.29, 0.717) is 23.4 Å². The quantitative estimate of drug-likeness (QED) is 0.684. The van der Waals surface area contributed by atoms with Gasteiger partial charge in [0.25, 0.3) is 0 Å². The molecule has 0 atom stereocenters. The zero-order valence-electron chi connectivity index (χ0n) is 11.1. The molecular formula is C16H15NO3. The van der Waals surface area contributed by atoms with Gasteiger partial charge in [0.2, 0.25) is 5.91 Å². The maximum absolute atomic E-state index is 12.0. The van der Waals surface area contributed by atoms with Crippen molar-refractivity contribution in [3.8, 4) is 5.75 Å². The first-order valence-corrected chi connectivity index (χ1v) is 6.37. The highest BCUT2D eigenvalue weighted by atomic mass is 16.5. The van der Waals surface area contributed by atoms with Crippen molar-refractivity contribution >= 4 is 17.6 Å². The summed E-state index contributed by atoms with van der Waals surface area (Å²) >= 11 is 0. The van der Waals surface area contributed by atoms with Crippen molar-refractivity contribution in [1.29, 1.82) is 0 Å². The smallest absolute Gasteiger partial charge is 0.343 e. The van der Waals surface area contributed by atoms with Crippen LogP contribution in [0.15, 0.2) is 54.6 Å². The lowest BCUT2D eigenvalue weighted by Crippen LogP contribution is -2.13. The van der Waals surface area contributed by atoms with E-state index in [-0.39, 0.29) is 5.91 Å². The summed E-state index contributed by atoms with van der Waals surface area (Å²) in [4.78, 5) is 23.4. The Hall–Kier alpha value is -2.62. The van der Waals surface area contributed by atoms with E-state index in [0.717, 1.165) is 0 Å². The van der Waals surface area contributed by atoms with Gasteiger partial charge < -0.3 is 10.1 Å². The summed E-state index contributed by atoms with van der Waals surface area (Å²) in [6.45, 7) is 1.76. The molecule has 0 saturated heterocycles. The Morgan fingerprint density at radius 1 is 1.00 bits per heavy atom. The number of carbonyl (C=O) groups excluding carboxylic acids is 2. The van der Waals surface area contributed by atoms with E-state index in [2.05, 4.69) is 5.32 Å². The van der Waals surface area contributed by atoms with E-state index >= 15 is 0 Å². The lowest BCUT2D eigenvalue weighted by atomic mass is 10.2. The topological polar surface area (TPSA) is 55.4 Å². The van der Waals surface area contributed by atoms with Gasteiger partial charge in [0.15, 0.2) is 5.75 Å². The molecule has 0 aromatic heterocycles. The summed E-state index contributed by atoms with van der Waals surface area (Å²) in [6.07, 6.45) is 0.362. The van der Waals surface area contributed by atoms with Crippen molar-refractivity contribution < 1.29 is 14.3 Å². The molecule has 2 aromatic rings. The molecule has 0 aliphatic rings. The normalized spacial score (nSPS) is 9.85. The van der Waals surface area contributed by atoms with Crippen LogP contribution in [0.2, 0.25) is 0 Å². The predicted molar refractivity (Wildman–Crippen MR) is 76.8 cm³/mol. The van der Waals surface area contributed by atoms with E-state index in [9.17, 15) is 9.59 Å². The Labute approximate surface area is 117 Å². The lowest BCUT2D eigenvalue weighted by molar-refractivity contribution is -0.115. The van der Waals surface area contributed by atoms with E-state index in [1.807, 2.05) is 6.07 Å². The van der Waals surface area contributed by atoms with Gasteiger partial charge in [-0.3, -0.25) is 4.79 Å². The number of ether oxygens (including phenoxy) is 1. The molecule has 0 aliphatic carbocycles. The fourth-order valence-corrected chi connectivity index (χ4v) is 1.63.